The van der Waals surface area contributed by atoms with Crippen LogP contribution < -0.4 is 5.43 Å². The number of hydrogen-bond acceptors (Lipinski definition) is 5. The predicted octanol–water partition coefficient (Wildman–Crippen LogP) is 3.82. The minimum absolute atomic E-state index is 0.617. The summed E-state index contributed by atoms with van der Waals surface area (Å²) in [5, 5.41) is 7.03. The van der Waals surface area contributed by atoms with Crippen LogP contribution in [0.4, 0.5) is 5.13 Å². The molecule has 20 heavy (non-hydrogen) atoms. The fraction of sp³-hybridized carbons (Fsp3) is 0.333. The molecule has 5 heteroatoms. The lowest BCUT2D eigenvalue weighted by Gasteiger charge is -2.06. The third kappa shape index (κ3) is 4.43. The van der Waals surface area contributed by atoms with Gasteiger partial charge in [0.1, 0.15) is 0 Å². The van der Waals surface area contributed by atoms with Crippen LogP contribution in [0.25, 0.3) is 0 Å². The van der Waals surface area contributed by atoms with Crippen molar-refractivity contribution in [3.8, 4) is 0 Å². The van der Waals surface area contributed by atoms with Crippen LogP contribution in [0.1, 0.15) is 30.2 Å². The van der Waals surface area contributed by atoms with E-state index in [4.69, 9.17) is 4.74 Å². The van der Waals surface area contributed by atoms with Crippen molar-refractivity contribution in [3.05, 3.63) is 46.5 Å². The molecule has 0 amide bonds. The maximum Gasteiger partial charge on any atom is 0.203 e. The van der Waals surface area contributed by atoms with Crippen LogP contribution in [0.2, 0.25) is 0 Å². The summed E-state index contributed by atoms with van der Waals surface area (Å²) in [7, 11) is 0. The average Bonchev–Trinajstić information content (AvgIpc) is 2.86. The number of benzene rings is 1. The highest BCUT2D eigenvalue weighted by Gasteiger charge is 2.00. The Kier molecular flexibility index (Phi) is 5.70. The van der Waals surface area contributed by atoms with Crippen LogP contribution in [0.15, 0.2) is 34.7 Å². The minimum Gasteiger partial charge on any atom is -0.377 e. The van der Waals surface area contributed by atoms with Gasteiger partial charge in [0, 0.05) is 17.6 Å². The highest BCUT2D eigenvalue weighted by Crippen LogP contribution is 2.14. The molecule has 0 saturated carbocycles. The van der Waals surface area contributed by atoms with E-state index in [9.17, 15) is 0 Å². The van der Waals surface area contributed by atoms with Crippen molar-refractivity contribution in [1.29, 1.82) is 0 Å². The van der Waals surface area contributed by atoms with Gasteiger partial charge in [-0.2, -0.15) is 5.10 Å². The molecule has 0 aliphatic heterocycles. The first-order valence-corrected chi connectivity index (χ1v) is 7.54. The Bertz CT molecular complexity index is 566. The second-order valence-corrected chi connectivity index (χ2v) is 5.27. The Balaban J connectivity index is 1.97. The van der Waals surface area contributed by atoms with Gasteiger partial charge in [-0.15, -0.1) is 11.3 Å². The Morgan fingerprint density at radius 3 is 3.00 bits per heavy atom. The van der Waals surface area contributed by atoms with Gasteiger partial charge in [-0.3, -0.25) is 5.43 Å². The molecule has 1 heterocycles. The van der Waals surface area contributed by atoms with E-state index >= 15 is 0 Å². The molecule has 1 N–H and O–H groups in total. The van der Waals surface area contributed by atoms with Crippen molar-refractivity contribution >= 4 is 22.7 Å². The Morgan fingerprint density at radius 1 is 1.40 bits per heavy atom. The number of nitrogens with one attached hydrogen (secondary N) is 1. The predicted molar refractivity (Wildman–Crippen MR) is 84.5 cm³/mol. The van der Waals surface area contributed by atoms with E-state index in [-0.39, 0.29) is 0 Å². The topological polar surface area (TPSA) is 46.5 Å². The summed E-state index contributed by atoms with van der Waals surface area (Å²) >= 11 is 1.55. The molecule has 0 aliphatic carbocycles. The second kappa shape index (κ2) is 7.77. The standard InChI is InChI=1S/C15H19N3OS/c1-3-8-19-10-14-7-5-4-6-13(14)9-16-18-15-17-12(2)11-20-15/h4-7,9,11H,3,8,10H2,1-2H3,(H,17,18). The zero-order valence-corrected chi connectivity index (χ0v) is 12.6. The maximum atomic E-state index is 5.59. The molecule has 0 fully saturated rings. The molecule has 0 aliphatic rings. The number of ether oxygens (including phenoxy) is 1. The minimum atomic E-state index is 0.617. The molecule has 0 radical (unpaired) electrons. The number of hydrazone groups is 1. The number of hydrogen-bond donors (Lipinski definition) is 1. The summed E-state index contributed by atoms with van der Waals surface area (Å²) in [5.74, 6) is 0. The summed E-state index contributed by atoms with van der Waals surface area (Å²) in [5.41, 5.74) is 6.15. The van der Waals surface area contributed by atoms with Gasteiger partial charge in [0.05, 0.1) is 18.5 Å². The third-order valence-corrected chi connectivity index (χ3v) is 3.51. The SMILES string of the molecule is CCCOCc1ccccc1C=NNc1nc(C)cs1. The number of nitrogens with zero attached hydrogens (tertiary/aromatic N) is 2. The van der Waals surface area contributed by atoms with Crippen LogP contribution >= 0.6 is 11.3 Å². The highest BCUT2D eigenvalue weighted by atomic mass is 32.1. The summed E-state index contributed by atoms with van der Waals surface area (Å²) in [4.78, 5) is 4.29. The first-order chi connectivity index (χ1) is 9.79. The van der Waals surface area contributed by atoms with Crippen molar-refractivity contribution in [2.75, 3.05) is 12.0 Å². The summed E-state index contributed by atoms with van der Waals surface area (Å²) in [6, 6.07) is 8.10. The second-order valence-electron chi connectivity index (χ2n) is 4.42. The van der Waals surface area contributed by atoms with Gasteiger partial charge in [0.15, 0.2) is 0 Å². The van der Waals surface area contributed by atoms with E-state index in [2.05, 4.69) is 28.5 Å². The van der Waals surface area contributed by atoms with Gasteiger partial charge in [0.2, 0.25) is 5.13 Å². The molecule has 106 valence electrons. The molecule has 2 aromatic rings. The van der Waals surface area contributed by atoms with Crippen molar-refractivity contribution in [1.82, 2.24) is 4.98 Å². The fourth-order valence-corrected chi connectivity index (χ4v) is 2.32. The van der Waals surface area contributed by atoms with Crippen LogP contribution in [0.5, 0.6) is 0 Å². The molecular weight excluding hydrogens is 270 g/mol. The van der Waals surface area contributed by atoms with Gasteiger partial charge >= 0.3 is 0 Å². The van der Waals surface area contributed by atoms with Crippen molar-refractivity contribution in [3.63, 3.8) is 0 Å². The van der Waals surface area contributed by atoms with E-state index in [1.54, 1.807) is 17.6 Å². The van der Waals surface area contributed by atoms with E-state index in [1.807, 2.05) is 30.5 Å². The number of rotatable bonds is 7. The third-order valence-electron chi connectivity index (χ3n) is 2.64. The molecule has 0 unspecified atom stereocenters. The zero-order chi connectivity index (χ0) is 14.2. The molecule has 0 saturated heterocycles. The number of anilines is 1. The molecule has 0 spiro atoms. The Morgan fingerprint density at radius 2 is 2.25 bits per heavy atom. The average molecular weight is 289 g/mol. The first-order valence-electron chi connectivity index (χ1n) is 6.66. The molecule has 0 bridgehead atoms. The van der Waals surface area contributed by atoms with Gasteiger partial charge in [-0.05, 0) is 18.9 Å². The van der Waals surface area contributed by atoms with E-state index in [1.165, 1.54) is 0 Å². The Hall–Kier alpha value is -1.72. The van der Waals surface area contributed by atoms with Gasteiger partial charge < -0.3 is 4.74 Å². The molecule has 0 atom stereocenters. The monoisotopic (exact) mass is 289 g/mol. The highest BCUT2D eigenvalue weighted by molar-refractivity contribution is 7.13. The molecule has 2 rings (SSSR count). The Labute approximate surface area is 123 Å². The summed E-state index contributed by atoms with van der Waals surface area (Å²) in [6.45, 7) is 5.47. The number of aromatic nitrogens is 1. The molecule has 1 aromatic carbocycles. The smallest absolute Gasteiger partial charge is 0.203 e. The molecule has 1 aromatic heterocycles. The van der Waals surface area contributed by atoms with Crippen LogP contribution in [0, 0.1) is 6.92 Å². The first kappa shape index (κ1) is 14.7. The quantitative estimate of drug-likeness (QED) is 0.479. The van der Waals surface area contributed by atoms with Crippen LogP contribution in [-0.2, 0) is 11.3 Å². The van der Waals surface area contributed by atoms with Gasteiger partial charge in [0.25, 0.3) is 0 Å². The molecule has 4 nitrogen and oxygen atoms in total. The molecular formula is C15H19N3OS. The van der Waals surface area contributed by atoms with E-state index in [0.29, 0.717) is 6.61 Å². The van der Waals surface area contributed by atoms with Crippen molar-refractivity contribution in [2.24, 2.45) is 5.10 Å². The zero-order valence-electron chi connectivity index (χ0n) is 11.8. The van der Waals surface area contributed by atoms with Crippen molar-refractivity contribution in [2.45, 2.75) is 26.9 Å². The fourth-order valence-electron chi connectivity index (χ4n) is 1.68. The summed E-state index contributed by atoms with van der Waals surface area (Å²) < 4.78 is 5.59. The van der Waals surface area contributed by atoms with Crippen LogP contribution in [-0.4, -0.2) is 17.8 Å². The lowest BCUT2D eigenvalue weighted by molar-refractivity contribution is 0.121. The number of thiazole rings is 1. The van der Waals surface area contributed by atoms with Gasteiger partial charge in [-0.1, -0.05) is 31.2 Å². The lowest BCUT2D eigenvalue weighted by atomic mass is 10.1. The lowest BCUT2D eigenvalue weighted by Crippen LogP contribution is -1.99. The largest absolute Gasteiger partial charge is 0.377 e. The van der Waals surface area contributed by atoms with E-state index in [0.717, 1.165) is 35.0 Å². The van der Waals surface area contributed by atoms with Crippen LogP contribution in [0.3, 0.4) is 0 Å². The van der Waals surface area contributed by atoms with E-state index < -0.39 is 0 Å². The maximum absolute atomic E-state index is 5.59. The summed E-state index contributed by atoms with van der Waals surface area (Å²) in [6.07, 6.45) is 2.84. The van der Waals surface area contributed by atoms with Crippen molar-refractivity contribution < 1.29 is 4.74 Å². The normalized spacial score (nSPS) is 11.1. The number of aryl methyl sites for hydroxylation is 1. The van der Waals surface area contributed by atoms with Gasteiger partial charge in [-0.25, -0.2) is 4.98 Å².